The Bertz CT molecular complexity index is 609. The molecule has 2 aromatic rings. The molecule has 1 heterocycles. The van der Waals surface area contributed by atoms with Crippen LogP contribution in [0.15, 0.2) is 47.9 Å². The molecular weight excluding hydrogens is 262 g/mol. The molecule has 1 aromatic heterocycles. The summed E-state index contributed by atoms with van der Waals surface area (Å²) in [7, 11) is 0. The molecule has 0 saturated heterocycles. The van der Waals surface area contributed by atoms with Crippen molar-refractivity contribution in [2.24, 2.45) is 10.9 Å². The summed E-state index contributed by atoms with van der Waals surface area (Å²) >= 11 is 0. The molecule has 20 heavy (non-hydrogen) atoms. The third kappa shape index (κ3) is 3.55. The van der Waals surface area contributed by atoms with Crippen molar-refractivity contribution in [1.82, 2.24) is 9.78 Å². The third-order valence-corrected chi connectivity index (χ3v) is 2.47. The summed E-state index contributed by atoms with van der Waals surface area (Å²) in [4.78, 5) is 15.4. The summed E-state index contributed by atoms with van der Waals surface area (Å²) < 4.78 is 1.59. The van der Waals surface area contributed by atoms with E-state index in [0.29, 0.717) is 12.1 Å². The molecule has 8 heteroatoms. The Balaban J connectivity index is 1.94. The molecular formula is C12H13N5O3. The third-order valence-electron chi connectivity index (χ3n) is 2.47. The molecule has 0 aliphatic rings. The minimum Gasteiger partial charge on any atom is -0.389 e. The number of para-hydroxylation sites is 1. The van der Waals surface area contributed by atoms with Gasteiger partial charge in [-0.1, -0.05) is 17.3 Å². The molecule has 0 amide bonds. The number of hydrogen-bond donors (Lipinski definition) is 1. The standard InChI is InChI=1S/C12H13N5O3/c13-12(8-16-7-3-6-14-16)15-20-9-10-4-1-2-5-11(10)17(18)19/h1-7H,8-9H2,(H2,13,15). The molecule has 0 bridgehead atoms. The Hall–Kier alpha value is -2.90. The number of benzene rings is 1. The zero-order valence-corrected chi connectivity index (χ0v) is 10.5. The SMILES string of the molecule is N/C(Cn1cccn1)=N\OCc1ccccc1[N+](=O)[O-]. The number of oxime groups is 1. The molecule has 104 valence electrons. The van der Waals surface area contributed by atoms with Gasteiger partial charge < -0.3 is 10.6 Å². The molecule has 0 aliphatic heterocycles. The Morgan fingerprint density at radius 3 is 2.95 bits per heavy atom. The number of aromatic nitrogens is 2. The molecule has 0 radical (unpaired) electrons. The zero-order chi connectivity index (χ0) is 14.4. The topological polar surface area (TPSA) is 109 Å². The summed E-state index contributed by atoms with van der Waals surface area (Å²) in [5, 5.41) is 18.5. The first kappa shape index (κ1) is 13.5. The van der Waals surface area contributed by atoms with Gasteiger partial charge in [-0.2, -0.15) is 5.10 Å². The normalized spacial score (nSPS) is 11.3. The van der Waals surface area contributed by atoms with Crippen LogP contribution < -0.4 is 5.73 Å². The lowest BCUT2D eigenvalue weighted by Crippen LogP contribution is -2.20. The Morgan fingerprint density at radius 1 is 1.45 bits per heavy atom. The van der Waals surface area contributed by atoms with Crippen molar-refractivity contribution in [3.63, 3.8) is 0 Å². The van der Waals surface area contributed by atoms with Crippen LogP contribution in [0, 0.1) is 10.1 Å². The molecule has 8 nitrogen and oxygen atoms in total. The van der Waals surface area contributed by atoms with Crippen LogP contribution in [-0.2, 0) is 18.0 Å². The van der Waals surface area contributed by atoms with Crippen LogP contribution in [0.4, 0.5) is 5.69 Å². The van der Waals surface area contributed by atoms with Gasteiger partial charge in [0.15, 0.2) is 5.84 Å². The number of amidine groups is 1. The second kappa shape index (κ2) is 6.32. The number of nitrogens with two attached hydrogens (primary N) is 1. The van der Waals surface area contributed by atoms with E-state index in [2.05, 4.69) is 10.3 Å². The van der Waals surface area contributed by atoms with Crippen molar-refractivity contribution in [3.05, 3.63) is 58.4 Å². The second-order valence-electron chi connectivity index (χ2n) is 3.95. The van der Waals surface area contributed by atoms with Gasteiger partial charge in [-0.05, 0) is 12.1 Å². The van der Waals surface area contributed by atoms with Gasteiger partial charge in [0.05, 0.1) is 10.5 Å². The van der Waals surface area contributed by atoms with Crippen molar-refractivity contribution in [3.8, 4) is 0 Å². The summed E-state index contributed by atoms with van der Waals surface area (Å²) in [6.45, 7) is 0.279. The van der Waals surface area contributed by atoms with E-state index < -0.39 is 4.92 Å². The molecule has 1 aromatic carbocycles. The Labute approximate surface area is 114 Å². The number of rotatable bonds is 6. The van der Waals surface area contributed by atoms with Crippen LogP contribution in [0.5, 0.6) is 0 Å². The average Bonchev–Trinajstić information content (AvgIpc) is 2.92. The quantitative estimate of drug-likeness (QED) is 0.369. The fourth-order valence-electron chi connectivity index (χ4n) is 1.58. The van der Waals surface area contributed by atoms with Crippen LogP contribution in [0.3, 0.4) is 0 Å². The van der Waals surface area contributed by atoms with E-state index in [4.69, 9.17) is 10.6 Å². The lowest BCUT2D eigenvalue weighted by Gasteiger charge is -2.03. The van der Waals surface area contributed by atoms with Crippen molar-refractivity contribution in [1.29, 1.82) is 0 Å². The highest BCUT2D eigenvalue weighted by molar-refractivity contribution is 5.79. The van der Waals surface area contributed by atoms with Gasteiger partial charge >= 0.3 is 0 Å². The Kier molecular flexibility index (Phi) is 4.28. The molecule has 0 aliphatic carbocycles. The van der Waals surface area contributed by atoms with E-state index >= 15 is 0 Å². The molecule has 0 saturated carbocycles. The van der Waals surface area contributed by atoms with Crippen molar-refractivity contribution in [2.45, 2.75) is 13.2 Å². The zero-order valence-electron chi connectivity index (χ0n) is 10.5. The molecule has 2 rings (SSSR count). The smallest absolute Gasteiger partial charge is 0.276 e. The molecule has 0 spiro atoms. The molecule has 2 N–H and O–H groups in total. The van der Waals surface area contributed by atoms with Crippen molar-refractivity contribution < 1.29 is 9.76 Å². The summed E-state index contributed by atoms with van der Waals surface area (Å²) in [5.74, 6) is 0.229. The largest absolute Gasteiger partial charge is 0.389 e. The number of nitro groups is 1. The van der Waals surface area contributed by atoms with E-state index in [-0.39, 0.29) is 18.1 Å². The maximum absolute atomic E-state index is 10.8. The average molecular weight is 275 g/mol. The predicted molar refractivity (Wildman–Crippen MR) is 71.7 cm³/mol. The van der Waals surface area contributed by atoms with Crippen LogP contribution >= 0.6 is 0 Å². The number of hydrogen-bond acceptors (Lipinski definition) is 5. The van der Waals surface area contributed by atoms with Gasteiger partial charge in [0.25, 0.3) is 5.69 Å². The first-order valence-electron chi connectivity index (χ1n) is 5.81. The fourth-order valence-corrected chi connectivity index (χ4v) is 1.58. The van der Waals surface area contributed by atoms with E-state index in [1.54, 1.807) is 41.3 Å². The van der Waals surface area contributed by atoms with Gasteiger partial charge in [-0.15, -0.1) is 0 Å². The monoisotopic (exact) mass is 275 g/mol. The molecule has 0 fully saturated rings. The van der Waals surface area contributed by atoms with Gasteiger partial charge in [0, 0.05) is 18.5 Å². The Morgan fingerprint density at radius 2 is 2.25 bits per heavy atom. The van der Waals surface area contributed by atoms with Gasteiger partial charge in [0.2, 0.25) is 0 Å². The first-order chi connectivity index (χ1) is 9.66. The van der Waals surface area contributed by atoms with Crippen LogP contribution in [-0.4, -0.2) is 20.5 Å². The second-order valence-corrected chi connectivity index (χ2v) is 3.95. The van der Waals surface area contributed by atoms with Crippen molar-refractivity contribution >= 4 is 11.5 Å². The highest BCUT2D eigenvalue weighted by atomic mass is 16.6. The minimum atomic E-state index is -0.463. The van der Waals surface area contributed by atoms with E-state index in [0.717, 1.165) is 0 Å². The molecule has 0 atom stereocenters. The fraction of sp³-hybridized carbons (Fsp3) is 0.167. The van der Waals surface area contributed by atoms with Crippen LogP contribution in [0.25, 0.3) is 0 Å². The van der Waals surface area contributed by atoms with Gasteiger partial charge in [-0.25, -0.2) is 0 Å². The highest BCUT2D eigenvalue weighted by Crippen LogP contribution is 2.18. The number of nitro benzene ring substituents is 1. The lowest BCUT2D eigenvalue weighted by molar-refractivity contribution is -0.386. The van der Waals surface area contributed by atoms with Gasteiger partial charge in [0.1, 0.15) is 13.2 Å². The highest BCUT2D eigenvalue weighted by Gasteiger charge is 2.12. The number of nitrogens with zero attached hydrogens (tertiary/aromatic N) is 4. The lowest BCUT2D eigenvalue weighted by atomic mass is 10.2. The molecule has 0 unspecified atom stereocenters. The van der Waals surface area contributed by atoms with E-state index in [9.17, 15) is 10.1 Å². The predicted octanol–water partition coefficient (Wildman–Crippen LogP) is 1.28. The maximum atomic E-state index is 10.8. The van der Waals surface area contributed by atoms with Crippen molar-refractivity contribution in [2.75, 3.05) is 0 Å². The van der Waals surface area contributed by atoms with Gasteiger partial charge in [-0.3, -0.25) is 14.8 Å². The summed E-state index contributed by atoms with van der Waals surface area (Å²) in [6.07, 6.45) is 3.37. The maximum Gasteiger partial charge on any atom is 0.276 e. The van der Waals surface area contributed by atoms with Crippen LogP contribution in [0.1, 0.15) is 5.56 Å². The summed E-state index contributed by atoms with van der Waals surface area (Å²) in [6, 6.07) is 8.08. The first-order valence-corrected chi connectivity index (χ1v) is 5.81. The van der Waals surface area contributed by atoms with E-state index in [1.807, 2.05) is 0 Å². The van der Waals surface area contributed by atoms with Crippen LogP contribution in [0.2, 0.25) is 0 Å². The minimum absolute atomic E-state index is 0.00616. The van der Waals surface area contributed by atoms with E-state index in [1.165, 1.54) is 6.07 Å². The summed E-state index contributed by atoms with van der Waals surface area (Å²) in [5.41, 5.74) is 6.09.